The molecule has 1 spiro atoms. The zero-order valence-electron chi connectivity index (χ0n) is 15.4. The lowest BCUT2D eigenvalue weighted by atomic mass is 9.68. The molecule has 1 aromatic heterocycles. The Morgan fingerprint density at radius 2 is 2.00 bits per heavy atom. The number of likely N-dealkylation sites (tertiary alicyclic amines) is 2. The molecule has 138 valence electrons. The second kappa shape index (κ2) is 7.23. The van der Waals surface area contributed by atoms with Gasteiger partial charge in [0.05, 0.1) is 0 Å². The fourth-order valence-electron chi connectivity index (χ4n) is 4.72. The number of carbonyl (C=O) groups is 1. The van der Waals surface area contributed by atoms with Gasteiger partial charge in [0, 0.05) is 32.2 Å². The molecule has 0 bridgehead atoms. The van der Waals surface area contributed by atoms with Crippen LogP contribution < -0.4 is 0 Å². The molecule has 5 heteroatoms. The Balaban J connectivity index is 1.47. The van der Waals surface area contributed by atoms with Crippen LogP contribution in [0.5, 0.6) is 0 Å². The highest BCUT2D eigenvalue weighted by Crippen LogP contribution is 2.45. The topological polar surface area (TPSA) is 49.6 Å². The highest BCUT2D eigenvalue weighted by atomic mass is 16.5. The van der Waals surface area contributed by atoms with Crippen LogP contribution in [0.1, 0.15) is 48.2 Å². The van der Waals surface area contributed by atoms with Crippen molar-refractivity contribution in [3.05, 3.63) is 53.9 Å². The summed E-state index contributed by atoms with van der Waals surface area (Å²) in [5.74, 6) is 0.582. The van der Waals surface area contributed by atoms with Crippen molar-refractivity contribution in [2.45, 2.75) is 32.1 Å². The SMILES string of the molecule is CCN1C[C@@H](c2ccccc2)CC2(CCN(C(=O)c3ccon3)CC2)C1. The van der Waals surface area contributed by atoms with Crippen molar-refractivity contribution >= 4 is 5.91 Å². The number of rotatable bonds is 3. The van der Waals surface area contributed by atoms with E-state index in [0.717, 1.165) is 45.6 Å². The molecule has 0 radical (unpaired) electrons. The second-order valence-electron chi connectivity index (χ2n) is 7.82. The summed E-state index contributed by atoms with van der Waals surface area (Å²) in [6, 6.07) is 12.6. The third kappa shape index (κ3) is 3.40. The van der Waals surface area contributed by atoms with Crippen LogP contribution in [-0.4, -0.2) is 53.6 Å². The lowest BCUT2D eigenvalue weighted by Gasteiger charge is -2.50. The number of hydrogen-bond donors (Lipinski definition) is 0. The molecular weight excluding hydrogens is 326 g/mol. The number of likely N-dealkylation sites (N-methyl/N-ethyl adjacent to an activating group) is 1. The van der Waals surface area contributed by atoms with Crippen LogP contribution in [0.2, 0.25) is 0 Å². The van der Waals surface area contributed by atoms with E-state index in [1.165, 1.54) is 18.2 Å². The zero-order chi connectivity index (χ0) is 18.0. The van der Waals surface area contributed by atoms with Crippen LogP contribution in [-0.2, 0) is 0 Å². The summed E-state index contributed by atoms with van der Waals surface area (Å²) in [7, 11) is 0. The Morgan fingerprint density at radius 3 is 2.65 bits per heavy atom. The molecular formula is C21H27N3O2. The largest absolute Gasteiger partial charge is 0.364 e. The van der Waals surface area contributed by atoms with Gasteiger partial charge >= 0.3 is 0 Å². The fraction of sp³-hybridized carbons (Fsp3) is 0.524. The van der Waals surface area contributed by atoms with Crippen LogP contribution in [0, 0.1) is 5.41 Å². The van der Waals surface area contributed by atoms with E-state index in [9.17, 15) is 4.79 Å². The van der Waals surface area contributed by atoms with Crippen LogP contribution in [0.25, 0.3) is 0 Å². The van der Waals surface area contributed by atoms with Crippen molar-refractivity contribution in [1.82, 2.24) is 15.0 Å². The minimum absolute atomic E-state index is 0.00336. The van der Waals surface area contributed by atoms with Crippen LogP contribution >= 0.6 is 0 Å². The highest BCUT2D eigenvalue weighted by Gasteiger charge is 2.42. The molecule has 0 N–H and O–H groups in total. The van der Waals surface area contributed by atoms with Gasteiger partial charge in [0.1, 0.15) is 6.26 Å². The lowest BCUT2D eigenvalue weighted by Crippen LogP contribution is -2.52. The van der Waals surface area contributed by atoms with E-state index in [2.05, 4.69) is 47.3 Å². The molecule has 1 amide bonds. The lowest BCUT2D eigenvalue weighted by molar-refractivity contribution is 0.0155. The Hall–Kier alpha value is -2.14. The summed E-state index contributed by atoms with van der Waals surface area (Å²) in [6.07, 6.45) is 4.82. The number of piperidine rings is 2. The van der Waals surface area contributed by atoms with E-state index >= 15 is 0 Å². The van der Waals surface area contributed by atoms with E-state index in [-0.39, 0.29) is 5.91 Å². The van der Waals surface area contributed by atoms with Gasteiger partial charge in [-0.1, -0.05) is 42.4 Å². The Morgan fingerprint density at radius 1 is 1.23 bits per heavy atom. The second-order valence-corrected chi connectivity index (χ2v) is 7.82. The molecule has 0 saturated carbocycles. The number of benzene rings is 1. The molecule has 4 rings (SSSR count). The molecule has 2 fully saturated rings. The summed E-state index contributed by atoms with van der Waals surface area (Å²) in [5, 5.41) is 3.80. The monoisotopic (exact) mass is 353 g/mol. The first kappa shape index (κ1) is 17.3. The Bertz CT molecular complexity index is 721. The Kier molecular flexibility index (Phi) is 4.81. The van der Waals surface area contributed by atoms with Crippen LogP contribution in [0.4, 0.5) is 0 Å². The van der Waals surface area contributed by atoms with E-state index in [1.54, 1.807) is 6.07 Å². The van der Waals surface area contributed by atoms with Gasteiger partial charge in [-0.3, -0.25) is 4.79 Å². The maximum absolute atomic E-state index is 12.5. The summed E-state index contributed by atoms with van der Waals surface area (Å²) < 4.78 is 4.82. The van der Waals surface area contributed by atoms with Gasteiger partial charge in [0.2, 0.25) is 0 Å². The Labute approximate surface area is 155 Å². The number of carbonyl (C=O) groups excluding carboxylic acids is 1. The van der Waals surface area contributed by atoms with Crippen LogP contribution in [0.15, 0.2) is 47.2 Å². The van der Waals surface area contributed by atoms with E-state index in [0.29, 0.717) is 17.0 Å². The van der Waals surface area contributed by atoms with Crippen molar-refractivity contribution in [3.63, 3.8) is 0 Å². The molecule has 2 saturated heterocycles. The fourth-order valence-corrected chi connectivity index (χ4v) is 4.72. The third-order valence-corrected chi connectivity index (χ3v) is 6.20. The molecule has 0 aliphatic carbocycles. The van der Waals surface area contributed by atoms with Gasteiger partial charge in [-0.2, -0.15) is 0 Å². The van der Waals surface area contributed by atoms with Gasteiger partial charge in [-0.15, -0.1) is 0 Å². The maximum Gasteiger partial charge on any atom is 0.276 e. The average Bonchev–Trinajstić information content (AvgIpc) is 3.23. The number of hydrogen-bond acceptors (Lipinski definition) is 4. The number of nitrogens with zero attached hydrogens (tertiary/aromatic N) is 3. The van der Waals surface area contributed by atoms with E-state index in [1.807, 2.05) is 4.90 Å². The van der Waals surface area contributed by atoms with Crippen molar-refractivity contribution in [2.75, 3.05) is 32.7 Å². The van der Waals surface area contributed by atoms with Gasteiger partial charge in [-0.25, -0.2) is 0 Å². The quantitative estimate of drug-likeness (QED) is 0.848. The minimum atomic E-state index is -0.00336. The van der Waals surface area contributed by atoms with Crippen molar-refractivity contribution < 1.29 is 9.32 Å². The molecule has 0 unspecified atom stereocenters. The summed E-state index contributed by atoms with van der Waals surface area (Å²) in [5.41, 5.74) is 2.18. The van der Waals surface area contributed by atoms with Crippen molar-refractivity contribution in [3.8, 4) is 0 Å². The van der Waals surface area contributed by atoms with Gasteiger partial charge in [0.25, 0.3) is 5.91 Å². The predicted octanol–water partition coefficient (Wildman–Crippen LogP) is 3.41. The molecule has 3 heterocycles. The molecule has 2 aliphatic rings. The summed E-state index contributed by atoms with van der Waals surface area (Å²) in [4.78, 5) is 17.1. The molecule has 26 heavy (non-hydrogen) atoms. The van der Waals surface area contributed by atoms with Crippen LogP contribution in [0.3, 0.4) is 0 Å². The van der Waals surface area contributed by atoms with Crippen molar-refractivity contribution in [1.29, 1.82) is 0 Å². The van der Waals surface area contributed by atoms with E-state index in [4.69, 9.17) is 4.52 Å². The minimum Gasteiger partial charge on any atom is -0.364 e. The first-order valence-electron chi connectivity index (χ1n) is 9.66. The predicted molar refractivity (Wildman–Crippen MR) is 100.0 cm³/mol. The zero-order valence-corrected chi connectivity index (χ0v) is 15.4. The summed E-state index contributed by atoms with van der Waals surface area (Å²) >= 11 is 0. The average molecular weight is 353 g/mol. The maximum atomic E-state index is 12.5. The molecule has 2 aromatic rings. The standard InChI is InChI=1S/C21H27N3O2/c1-2-23-15-18(17-6-4-3-5-7-17)14-21(16-23)9-11-24(12-10-21)20(25)19-8-13-26-22-19/h3-8,13,18H,2,9-12,14-16H2,1H3/t18-/m0/s1. The molecule has 1 atom stereocenters. The van der Waals surface area contributed by atoms with Crippen molar-refractivity contribution in [2.24, 2.45) is 5.41 Å². The van der Waals surface area contributed by atoms with Gasteiger partial charge in [0.15, 0.2) is 5.69 Å². The highest BCUT2D eigenvalue weighted by molar-refractivity contribution is 5.92. The van der Waals surface area contributed by atoms with Gasteiger partial charge < -0.3 is 14.3 Å². The first-order chi connectivity index (χ1) is 12.7. The molecule has 1 aromatic carbocycles. The first-order valence-corrected chi connectivity index (χ1v) is 9.66. The smallest absolute Gasteiger partial charge is 0.276 e. The summed E-state index contributed by atoms with van der Waals surface area (Å²) in [6.45, 7) is 7.26. The molecule has 5 nitrogen and oxygen atoms in total. The normalized spacial score (nSPS) is 23.3. The number of aromatic nitrogens is 1. The third-order valence-electron chi connectivity index (χ3n) is 6.20. The molecule has 2 aliphatic heterocycles. The van der Waals surface area contributed by atoms with Gasteiger partial charge in [-0.05, 0) is 42.7 Å². The van der Waals surface area contributed by atoms with E-state index < -0.39 is 0 Å². The number of amides is 1.